The summed E-state index contributed by atoms with van der Waals surface area (Å²) >= 11 is 0. The monoisotopic (exact) mass is 451 g/mol. The van der Waals surface area contributed by atoms with E-state index in [0.717, 1.165) is 66.4 Å². The maximum atomic E-state index is 10.5. The van der Waals surface area contributed by atoms with Crippen molar-refractivity contribution < 1.29 is 5.11 Å². The normalized spacial score (nSPS) is 13.9. The average Bonchev–Trinajstić information content (AvgIpc) is 2.89. The summed E-state index contributed by atoms with van der Waals surface area (Å²) in [6, 6.07) is 24.5. The molecule has 4 aromatic rings. The van der Waals surface area contributed by atoms with Crippen LogP contribution in [0.2, 0.25) is 0 Å². The molecule has 2 aromatic carbocycles. The number of benzene rings is 2. The molecule has 34 heavy (non-hydrogen) atoms. The van der Waals surface area contributed by atoms with E-state index in [-0.39, 0.29) is 0 Å². The van der Waals surface area contributed by atoms with Gasteiger partial charge in [-0.3, -0.25) is 0 Å². The lowest BCUT2D eigenvalue weighted by Gasteiger charge is -2.31. The Labute approximate surface area is 200 Å². The summed E-state index contributed by atoms with van der Waals surface area (Å²) in [5.41, 5.74) is 5.09. The maximum absolute atomic E-state index is 10.5. The van der Waals surface area contributed by atoms with Crippen molar-refractivity contribution in [2.75, 3.05) is 23.3 Å². The summed E-state index contributed by atoms with van der Waals surface area (Å²) < 4.78 is 0. The number of nitrogens with one attached hydrogen (secondary N) is 1. The zero-order valence-electron chi connectivity index (χ0n) is 19.4. The smallest absolute Gasteiger partial charge is 0.224 e. The van der Waals surface area contributed by atoms with Crippen LogP contribution in [0, 0.1) is 0 Å². The van der Waals surface area contributed by atoms with Crippen molar-refractivity contribution in [3.05, 3.63) is 95.7 Å². The quantitative estimate of drug-likeness (QED) is 0.396. The van der Waals surface area contributed by atoms with E-state index < -0.39 is 6.10 Å². The molecule has 6 heteroatoms. The Kier molecular flexibility index (Phi) is 6.49. The maximum Gasteiger partial charge on any atom is 0.224 e. The van der Waals surface area contributed by atoms with Gasteiger partial charge in [-0.25, -0.2) is 9.97 Å². The van der Waals surface area contributed by atoms with Crippen molar-refractivity contribution in [3.8, 4) is 11.3 Å². The van der Waals surface area contributed by atoms with Crippen molar-refractivity contribution in [3.63, 3.8) is 0 Å². The molecule has 1 aliphatic rings. The van der Waals surface area contributed by atoms with Crippen molar-refractivity contribution in [2.24, 2.45) is 0 Å². The number of fused-ring (bicyclic) bond motifs is 1. The van der Waals surface area contributed by atoms with Gasteiger partial charge in [-0.2, -0.15) is 4.98 Å². The number of rotatable bonds is 7. The first-order valence-electron chi connectivity index (χ1n) is 11.8. The van der Waals surface area contributed by atoms with E-state index in [1.54, 1.807) is 13.1 Å². The molecule has 0 fully saturated rings. The van der Waals surface area contributed by atoms with Gasteiger partial charge in [0, 0.05) is 30.4 Å². The summed E-state index contributed by atoms with van der Waals surface area (Å²) in [5.74, 6) is 2.35. The van der Waals surface area contributed by atoms with Gasteiger partial charge in [-0.15, -0.1) is 0 Å². The number of hydrogen-bond acceptors (Lipinski definition) is 6. The highest BCUT2D eigenvalue weighted by Crippen LogP contribution is 2.37. The van der Waals surface area contributed by atoms with Gasteiger partial charge in [-0.1, -0.05) is 60.7 Å². The van der Waals surface area contributed by atoms with E-state index in [4.69, 9.17) is 9.97 Å². The average molecular weight is 452 g/mol. The standard InChI is InChI=1S/C28H29N5O/c1-20(34)24-19-23-13-8-18-33(27(23)32-26(24)22-11-6-3-7-12-22)25-15-17-30-28(31-25)29-16-14-21-9-4-2-5-10-21/h2-7,9-12,15,17,19-20,34H,8,13-14,16,18H2,1H3,(H,29,30,31). The van der Waals surface area contributed by atoms with Crippen LogP contribution < -0.4 is 10.2 Å². The number of aliphatic hydroxyl groups is 1. The molecule has 0 aliphatic carbocycles. The molecular formula is C28H29N5O. The summed E-state index contributed by atoms with van der Waals surface area (Å²) in [7, 11) is 0. The molecular weight excluding hydrogens is 422 g/mol. The predicted molar refractivity (Wildman–Crippen MR) is 136 cm³/mol. The molecule has 0 spiro atoms. The number of hydrogen-bond donors (Lipinski definition) is 2. The second-order valence-electron chi connectivity index (χ2n) is 8.61. The van der Waals surface area contributed by atoms with Crippen molar-refractivity contribution in [1.29, 1.82) is 0 Å². The Bertz CT molecular complexity index is 1240. The minimum atomic E-state index is -0.595. The number of nitrogens with zero attached hydrogens (tertiary/aromatic N) is 4. The van der Waals surface area contributed by atoms with Gasteiger partial charge in [0.05, 0.1) is 11.8 Å². The Morgan fingerprint density at radius 1 is 1.00 bits per heavy atom. The van der Waals surface area contributed by atoms with Crippen molar-refractivity contribution in [2.45, 2.75) is 32.3 Å². The molecule has 2 N–H and O–H groups in total. The third-order valence-electron chi connectivity index (χ3n) is 6.15. The molecule has 0 amide bonds. The van der Waals surface area contributed by atoms with E-state index in [1.807, 2.05) is 42.5 Å². The molecule has 0 bridgehead atoms. The van der Waals surface area contributed by atoms with Gasteiger partial charge in [-0.05, 0) is 49.4 Å². The minimum Gasteiger partial charge on any atom is -0.389 e. The minimum absolute atomic E-state index is 0.595. The second-order valence-corrected chi connectivity index (χ2v) is 8.61. The first-order chi connectivity index (χ1) is 16.7. The summed E-state index contributed by atoms with van der Waals surface area (Å²) in [5, 5.41) is 13.8. The lowest BCUT2D eigenvalue weighted by molar-refractivity contribution is 0.199. The molecule has 0 radical (unpaired) electrons. The van der Waals surface area contributed by atoms with Gasteiger partial charge in [0.25, 0.3) is 0 Å². The van der Waals surface area contributed by atoms with E-state index in [1.165, 1.54) is 5.56 Å². The molecule has 6 nitrogen and oxygen atoms in total. The molecule has 5 rings (SSSR count). The predicted octanol–water partition coefficient (Wildman–Crippen LogP) is 5.33. The Balaban J connectivity index is 1.43. The van der Waals surface area contributed by atoms with Crippen LogP contribution in [0.15, 0.2) is 79.0 Å². The van der Waals surface area contributed by atoms with E-state index in [2.05, 4.69) is 45.5 Å². The molecule has 1 aliphatic heterocycles. The zero-order valence-corrected chi connectivity index (χ0v) is 19.4. The lowest BCUT2D eigenvalue weighted by atomic mass is 9.96. The van der Waals surface area contributed by atoms with Gasteiger partial charge in [0.1, 0.15) is 11.6 Å². The molecule has 2 aromatic heterocycles. The van der Waals surface area contributed by atoms with Crippen LogP contribution in [-0.4, -0.2) is 33.1 Å². The van der Waals surface area contributed by atoms with Crippen LogP contribution in [0.25, 0.3) is 11.3 Å². The number of anilines is 3. The van der Waals surface area contributed by atoms with Crippen molar-refractivity contribution in [1.82, 2.24) is 15.0 Å². The van der Waals surface area contributed by atoms with Gasteiger partial charge in [0.15, 0.2) is 0 Å². The number of aromatic nitrogens is 3. The Morgan fingerprint density at radius 2 is 1.76 bits per heavy atom. The zero-order chi connectivity index (χ0) is 23.3. The third kappa shape index (κ3) is 4.77. The SMILES string of the molecule is CC(O)c1cc2c(nc1-c1ccccc1)N(c1ccnc(NCCc3ccccc3)n1)CCC2. The molecule has 3 heterocycles. The molecule has 0 saturated carbocycles. The molecule has 172 valence electrons. The number of pyridine rings is 1. The van der Waals surface area contributed by atoms with Crippen LogP contribution in [0.3, 0.4) is 0 Å². The largest absolute Gasteiger partial charge is 0.389 e. The first-order valence-corrected chi connectivity index (χ1v) is 11.8. The molecule has 1 unspecified atom stereocenters. The van der Waals surface area contributed by atoms with E-state index in [0.29, 0.717) is 5.95 Å². The molecule has 1 atom stereocenters. The van der Waals surface area contributed by atoms with Crippen LogP contribution in [0.1, 0.15) is 36.1 Å². The summed E-state index contributed by atoms with van der Waals surface area (Å²) in [4.78, 5) is 16.5. The Morgan fingerprint density at radius 3 is 2.53 bits per heavy atom. The highest BCUT2D eigenvalue weighted by molar-refractivity contribution is 5.71. The Hall–Kier alpha value is -3.77. The first kappa shape index (κ1) is 22.0. The van der Waals surface area contributed by atoms with Crippen LogP contribution in [-0.2, 0) is 12.8 Å². The van der Waals surface area contributed by atoms with E-state index >= 15 is 0 Å². The fourth-order valence-corrected chi connectivity index (χ4v) is 4.43. The van der Waals surface area contributed by atoms with Gasteiger partial charge >= 0.3 is 0 Å². The fourth-order valence-electron chi connectivity index (χ4n) is 4.43. The highest BCUT2D eigenvalue weighted by atomic mass is 16.3. The summed E-state index contributed by atoms with van der Waals surface area (Å²) in [6.07, 6.45) is 4.04. The highest BCUT2D eigenvalue weighted by Gasteiger charge is 2.25. The van der Waals surface area contributed by atoms with Crippen LogP contribution in [0.4, 0.5) is 17.6 Å². The summed E-state index contributed by atoms with van der Waals surface area (Å²) in [6.45, 7) is 3.40. The lowest BCUT2D eigenvalue weighted by Crippen LogP contribution is -2.27. The van der Waals surface area contributed by atoms with Gasteiger partial charge in [0.2, 0.25) is 5.95 Å². The topological polar surface area (TPSA) is 74.2 Å². The second kappa shape index (κ2) is 10.0. The van der Waals surface area contributed by atoms with Crippen molar-refractivity contribution >= 4 is 17.6 Å². The number of aliphatic hydroxyl groups excluding tert-OH is 1. The number of aryl methyl sites for hydroxylation is 1. The fraction of sp³-hybridized carbons (Fsp3) is 0.250. The third-order valence-corrected chi connectivity index (χ3v) is 6.15. The van der Waals surface area contributed by atoms with E-state index in [9.17, 15) is 5.11 Å². The van der Waals surface area contributed by atoms with Crippen LogP contribution in [0.5, 0.6) is 0 Å². The molecule has 0 saturated heterocycles. The van der Waals surface area contributed by atoms with Crippen LogP contribution >= 0.6 is 0 Å². The van der Waals surface area contributed by atoms with Gasteiger partial charge < -0.3 is 15.3 Å².